The molecule has 1 aliphatic heterocycles. The number of aromatic nitrogens is 2. The van der Waals surface area contributed by atoms with E-state index in [4.69, 9.17) is 0 Å². The van der Waals surface area contributed by atoms with Crippen LogP contribution in [0.3, 0.4) is 0 Å². The molecule has 2 aromatic rings. The monoisotopic (exact) mass is 390 g/mol. The van der Waals surface area contributed by atoms with E-state index in [0.29, 0.717) is 30.8 Å². The number of aryl methyl sites for hydroxylation is 1. The third-order valence-corrected chi connectivity index (χ3v) is 6.56. The minimum Gasteiger partial charge on any atom is -0.352 e. The van der Waals surface area contributed by atoms with Crippen molar-refractivity contribution < 1.29 is 13.2 Å². The second-order valence-electron chi connectivity index (χ2n) is 6.82. The molecule has 0 aliphatic carbocycles. The van der Waals surface area contributed by atoms with Crippen molar-refractivity contribution in [3.63, 3.8) is 0 Å². The Morgan fingerprint density at radius 2 is 1.85 bits per heavy atom. The van der Waals surface area contributed by atoms with Gasteiger partial charge in [-0.05, 0) is 37.0 Å². The van der Waals surface area contributed by atoms with E-state index in [1.165, 1.54) is 0 Å². The van der Waals surface area contributed by atoms with E-state index in [9.17, 15) is 13.2 Å². The van der Waals surface area contributed by atoms with Crippen molar-refractivity contribution in [1.82, 2.24) is 19.2 Å². The molecule has 27 heavy (non-hydrogen) atoms. The average molecular weight is 391 g/mol. The number of hydrogen-bond acceptors (Lipinski definition) is 4. The van der Waals surface area contributed by atoms with Crippen LogP contribution < -0.4 is 5.32 Å². The smallest absolute Gasteiger partial charge is 0.251 e. The molecule has 1 saturated heterocycles. The zero-order valence-electron chi connectivity index (χ0n) is 15.4. The van der Waals surface area contributed by atoms with Gasteiger partial charge in [0, 0.05) is 44.1 Å². The molecule has 146 valence electrons. The van der Waals surface area contributed by atoms with Crippen molar-refractivity contribution >= 4 is 15.9 Å². The molecule has 1 N–H and O–H groups in total. The fourth-order valence-electron chi connectivity index (χ4n) is 3.18. The van der Waals surface area contributed by atoms with E-state index >= 15 is 0 Å². The van der Waals surface area contributed by atoms with Crippen LogP contribution in [-0.2, 0) is 22.3 Å². The topological polar surface area (TPSA) is 84.3 Å². The maximum absolute atomic E-state index is 12.5. The first-order valence-corrected chi connectivity index (χ1v) is 11.0. The Bertz CT molecular complexity index is 826. The van der Waals surface area contributed by atoms with Crippen molar-refractivity contribution in [3.05, 3.63) is 54.1 Å². The number of amides is 1. The predicted molar refractivity (Wildman–Crippen MR) is 104 cm³/mol. The van der Waals surface area contributed by atoms with Crippen LogP contribution in [0.15, 0.2) is 43.0 Å². The van der Waals surface area contributed by atoms with Gasteiger partial charge in [-0.3, -0.25) is 4.79 Å². The summed E-state index contributed by atoms with van der Waals surface area (Å²) in [5, 5.41) is 2.88. The normalized spacial score (nSPS) is 15.6. The molecular weight excluding hydrogens is 364 g/mol. The van der Waals surface area contributed by atoms with Gasteiger partial charge < -0.3 is 9.88 Å². The summed E-state index contributed by atoms with van der Waals surface area (Å²) in [6.07, 6.45) is 9.13. The molecule has 1 aromatic heterocycles. The molecular formula is C19H26N4O3S. The minimum atomic E-state index is -3.28. The molecule has 0 radical (unpaired) electrons. The second-order valence-corrected chi connectivity index (χ2v) is 8.79. The summed E-state index contributed by atoms with van der Waals surface area (Å²) >= 11 is 0. The predicted octanol–water partition coefficient (Wildman–Crippen LogP) is 2.02. The molecule has 0 spiro atoms. The minimum absolute atomic E-state index is 0.0141. The van der Waals surface area contributed by atoms with Gasteiger partial charge in [0.05, 0.1) is 12.1 Å². The zero-order chi connectivity index (χ0) is 19.1. The second kappa shape index (κ2) is 9.14. The molecule has 0 bridgehead atoms. The summed E-state index contributed by atoms with van der Waals surface area (Å²) in [5.74, 6) is -0.161. The average Bonchev–Trinajstić information content (AvgIpc) is 3.20. The summed E-state index contributed by atoms with van der Waals surface area (Å²) in [6, 6.07) is 6.82. The number of carbonyl (C=O) groups excluding carboxylic acids is 1. The highest BCUT2D eigenvalue weighted by Crippen LogP contribution is 2.17. The Morgan fingerprint density at radius 3 is 2.52 bits per heavy atom. The van der Waals surface area contributed by atoms with Crippen molar-refractivity contribution in [2.24, 2.45) is 0 Å². The number of carbonyl (C=O) groups is 1. The van der Waals surface area contributed by atoms with Crippen molar-refractivity contribution in [2.45, 2.75) is 38.0 Å². The van der Waals surface area contributed by atoms with Gasteiger partial charge in [-0.2, -0.15) is 0 Å². The molecule has 8 heteroatoms. The van der Waals surface area contributed by atoms with Gasteiger partial charge in [0.1, 0.15) is 0 Å². The van der Waals surface area contributed by atoms with Gasteiger partial charge in [0.25, 0.3) is 5.91 Å². The molecule has 1 aliphatic rings. The van der Waals surface area contributed by atoms with E-state index < -0.39 is 10.0 Å². The van der Waals surface area contributed by atoms with E-state index in [-0.39, 0.29) is 11.7 Å². The molecule has 7 nitrogen and oxygen atoms in total. The van der Waals surface area contributed by atoms with Gasteiger partial charge in [0.2, 0.25) is 10.0 Å². The van der Waals surface area contributed by atoms with E-state index in [1.807, 2.05) is 10.8 Å². The lowest BCUT2D eigenvalue weighted by Gasteiger charge is -2.25. The van der Waals surface area contributed by atoms with E-state index in [2.05, 4.69) is 10.3 Å². The summed E-state index contributed by atoms with van der Waals surface area (Å²) in [7, 11) is -3.28. The van der Waals surface area contributed by atoms with Crippen LogP contribution in [0.4, 0.5) is 0 Å². The Kier molecular flexibility index (Phi) is 6.63. The van der Waals surface area contributed by atoms with Crippen molar-refractivity contribution in [2.75, 3.05) is 19.6 Å². The Morgan fingerprint density at radius 1 is 1.11 bits per heavy atom. The Labute approximate surface area is 160 Å². The first kappa shape index (κ1) is 19.6. The molecule has 2 heterocycles. The third-order valence-electron chi connectivity index (χ3n) is 4.71. The SMILES string of the molecule is O=C(NCCCn1ccnc1)c1ccc(CS(=O)(=O)N2CCCCC2)cc1. The van der Waals surface area contributed by atoms with Crippen LogP contribution in [0, 0.1) is 0 Å². The fourth-order valence-corrected chi connectivity index (χ4v) is 4.79. The number of piperidine rings is 1. The maximum Gasteiger partial charge on any atom is 0.251 e. The van der Waals surface area contributed by atoms with Gasteiger partial charge in [0.15, 0.2) is 0 Å². The van der Waals surface area contributed by atoms with Crippen LogP contribution in [-0.4, -0.2) is 47.8 Å². The van der Waals surface area contributed by atoms with Crippen molar-refractivity contribution in [1.29, 1.82) is 0 Å². The standard InChI is InChI=1S/C19H26N4O3S/c24-19(21-9-4-11-22-14-10-20-16-22)18-7-5-17(6-8-18)15-27(25,26)23-12-2-1-3-13-23/h5-8,10,14,16H,1-4,9,11-13,15H2,(H,21,24). The molecule has 0 saturated carbocycles. The number of imidazole rings is 1. The van der Waals surface area contributed by atoms with Crippen LogP contribution in [0.1, 0.15) is 41.6 Å². The Balaban J connectivity index is 1.48. The molecule has 1 amide bonds. The summed E-state index contributed by atoms with van der Waals surface area (Å²) in [4.78, 5) is 16.2. The highest BCUT2D eigenvalue weighted by Gasteiger charge is 2.24. The lowest BCUT2D eigenvalue weighted by atomic mass is 10.1. The summed E-state index contributed by atoms with van der Waals surface area (Å²) in [5.41, 5.74) is 1.24. The summed E-state index contributed by atoms with van der Waals surface area (Å²) in [6.45, 7) is 2.60. The highest BCUT2D eigenvalue weighted by molar-refractivity contribution is 7.88. The summed E-state index contributed by atoms with van der Waals surface area (Å²) < 4.78 is 28.5. The maximum atomic E-state index is 12.5. The van der Waals surface area contributed by atoms with Crippen LogP contribution in [0.5, 0.6) is 0 Å². The molecule has 3 rings (SSSR count). The van der Waals surface area contributed by atoms with E-state index in [1.54, 1.807) is 41.1 Å². The van der Waals surface area contributed by atoms with Crippen LogP contribution >= 0.6 is 0 Å². The lowest BCUT2D eigenvalue weighted by molar-refractivity contribution is 0.0952. The third kappa shape index (κ3) is 5.64. The fraction of sp³-hybridized carbons (Fsp3) is 0.474. The van der Waals surface area contributed by atoms with Gasteiger partial charge in [-0.15, -0.1) is 0 Å². The largest absolute Gasteiger partial charge is 0.352 e. The number of sulfonamides is 1. The quantitative estimate of drug-likeness (QED) is 0.699. The molecule has 0 unspecified atom stereocenters. The number of benzene rings is 1. The zero-order valence-corrected chi connectivity index (χ0v) is 16.2. The van der Waals surface area contributed by atoms with Gasteiger partial charge in [-0.1, -0.05) is 18.6 Å². The number of hydrogen-bond donors (Lipinski definition) is 1. The first-order chi connectivity index (χ1) is 13.0. The lowest BCUT2D eigenvalue weighted by Crippen LogP contribution is -2.36. The highest BCUT2D eigenvalue weighted by atomic mass is 32.2. The Hall–Kier alpha value is -2.19. The molecule has 0 atom stereocenters. The van der Waals surface area contributed by atoms with Crippen LogP contribution in [0.2, 0.25) is 0 Å². The van der Waals surface area contributed by atoms with Crippen LogP contribution in [0.25, 0.3) is 0 Å². The first-order valence-electron chi connectivity index (χ1n) is 9.35. The van der Waals surface area contributed by atoms with Gasteiger partial charge in [-0.25, -0.2) is 17.7 Å². The number of nitrogens with zero attached hydrogens (tertiary/aromatic N) is 3. The number of nitrogens with one attached hydrogen (secondary N) is 1. The van der Waals surface area contributed by atoms with E-state index in [0.717, 1.165) is 32.2 Å². The molecule has 1 aromatic carbocycles. The van der Waals surface area contributed by atoms with Gasteiger partial charge >= 0.3 is 0 Å². The number of rotatable bonds is 8. The van der Waals surface area contributed by atoms with Crippen molar-refractivity contribution in [3.8, 4) is 0 Å². The molecule has 1 fully saturated rings.